The Labute approximate surface area is 170 Å². The third-order valence-corrected chi connectivity index (χ3v) is 7.00. The zero-order valence-corrected chi connectivity index (χ0v) is 17.0. The first kappa shape index (κ1) is 19.6. The van der Waals surface area contributed by atoms with Crippen LogP contribution in [0.5, 0.6) is 5.75 Å². The Kier molecular flexibility index (Phi) is 5.64. The quantitative estimate of drug-likeness (QED) is 0.614. The smallest absolute Gasteiger partial charge is 0.245 e. The number of piperidine rings is 1. The fraction of sp³-hybridized carbons (Fsp3) is 0.333. The molecule has 1 aromatic carbocycles. The summed E-state index contributed by atoms with van der Waals surface area (Å²) in [7, 11) is -2.04. The van der Waals surface area contributed by atoms with Crippen molar-refractivity contribution >= 4 is 10.0 Å². The van der Waals surface area contributed by atoms with Crippen molar-refractivity contribution in [2.24, 2.45) is 0 Å². The number of pyridine rings is 1. The van der Waals surface area contributed by atoms with Crippen LogP contribution in [0, 0.1) is 0 Å². The van der Waals surface area contributed by atoms with Gasteiger partial charge in [-0.15, -0.1) is 0 Å². The third kappa shape index (κ3) is 4.04. The molecule has 3 heterocycles. The molecule has 1 atom stereocenters. The number of hydrogen-bond donors (Lipinski definition) is 0. The number of methoxy groups -OCH3 is 1. The van der Waals surface area contributed by atoms with E-state index in [0.29, 0.717) is 31.0 Å². The average Bonchev–Trinajstić information content (AvgIpc) is 3.23. The van der Waals surface area contributed by atoms with E-state index in [2.05, 4.69) is 9.97 Å². The summed E-state index contributed by atoms with van der Waals surface area (Å²) in [6.45, 7) is 0.437. The van der Waals surface area contributed by atoms with E-state index in [4.69, 9.17) is 9.15 Å². The molecule has 1 aliphatic heterocycles. The van der Waals surface area contributed by atoms with E-state index < -0.39 is 16.1 Å². The van der Waals surface area contributed by atoms with Crippen LogP contribution in [0.1, 0.15) is 42.5 Å². The minimum atomic E-state index is -3.67. The lowest BCUT2D eigenvalue weighted by atomic mass is 10.1. The monoisotopic (exact) mass is 413 g/mol. The van der Waals surface area contributed by atoms with Crippen LogP contribution in [0.2, 0.25) is 0 Å². The van der Waals surface area contributed by atoms with Crippen LogP contribution >= 0.6 is 0 Å². The molecular formula is C21H23N3O4S. The Bertz CT molecular complexity index is 1070. The number of oxazole rings is 1. The minimum absolute atomic E-state index is 0.188. The molecule has 0 radical (unpaired) electrons. The summed E-state index contributed by atoms with van der Waals surface area (Å²) in [5.41, 5.74) is 0.987. The Morgan fingerprint density at radius 1 is 1.17 bits per heavy atom. The predicted octanol–water partition coefficient (Wildman–Crippen LogP) is 3.58. The van der Waals surface area contributed by atoms with E-state index in [1.54, 1.807) is 31.6 Å². The molecule has 1 aliphatic rings. The maximum absolute atomic E-state index is 13.2. The van der Waals surface area contributed by atoms with Gasteiger partial charge in [-0.2, -0.15) is 4.31 Å². The largest absolute Gasteiger partial charge is 0.496 e. The molecule has 0 amide bonds. The highest BCUT2D eigenvalue weighted by atomic mass is 32.2. The molecule has 8 heteroatoms. The highest BCUT2D eigenvalue weighted by Gasteiger charge is 2.37. The van der Waals surface area contributed by atoms with Gasteiger partial charge in [-0.3, -0.25) is 4.98 Å². The van der Waals surface area contributed by atoms with Gasteiger partial charge in [0.25, 0.3) is 0 Å². The summed E-state index contributed by atoms with van der Waals surface area (Å²) in [5.74, 6) is 1.89. The van der Waals surface area contributed by atoms with Gasteiger partial charge in [0.2, 0.25) is 15.9 Å². The third-order valence-electron chi connectivity index (χ3n) is 5.11. The number of para-hydroxylation sites is 1. The lowest BCUT2D eigenvalue weighted by Gasteiger charge is -2.32. The van der Waals surface area contributed by atoms with Crippen molar-refractivity contribution < 1.29 is 17.6 Å². The Hall–Kier alpha value is -2.71. The first-order chi connectivity index (χ1) is 14.1. The predicted molar refractivity (Wildman–Crippen MR) is 107 cm³/mol. The molecule has 1 saturated heterocycles. The molecular weight excluding hydrogens is 390 g/mol. The average molecular weight is 413 g/mol. The topological polar surface area (TPSA) is 85.5 Å². The molecule has 0 bridgehead atoms. The zero-order chi connectivity index (χ0) is 20.3. The normalized spacial score (nSPS) is 17.9. The molecule has 29 heavy (non-hydrogen) atoms. The lowest BCUT2D eigenvalue weighted by Crippen LogP contribution is -2.38. The maximum atomic E-state index is 13.2. The molecule has 0 N–H and O–H groups in total. The fourth-order valence-corrected chi connectivity index (χ4v) is 5.29. The number of aromatic nitrogens is 2. The number of rotatable bonds is 6. The van der Waals surface area contributed by atoms with Gasteiger partial charge in [0, 0.05) is 30.9 Å². The highest BCUT2D eigenvalue weighted by molar-refractivity contribution is 7.89. The van der Waals surface area contributed by atoms with Crippen LogP contribution in [0.4, 0.5) is 0 Å². The summed E-state index contributed by atoms with van der Waals surface area (Å²) in [6.07, 6.45) is 7.55. The first-order valence-corrected chi connectivity index (χ1v) is 11.0. The van der Waals surface area contributed by atoms with Gasteiger partial charge in [-0.25, -0.2) is 13.4 Å². The van der Waals surface area contributed by atoms with Gasteiger partial charge < -0.3 is 9.15 Å². The van der Waals surface area contributed by atoms with Crippen molar-refractivity contribution in [1.82, 2.24) is 14.3 Å². The maximum Gasteiger partial charge on any atom is 0.245 e. The van der Waals surface area contributed by atoms with Gasteiger partial charge in [-0.1, -0.05) is 24.6 Å². The highest BCUT2D eigenvalue weighted by Crippen LogP contribution is 2.35. The molecule has 0 aliphatic carbocycles. The molecule has 2 aromatic heterocycles. The number of nitrogens with zero attached hydrogens (tertiary/aromatic N) is 3. The minimum Gasteiger partial charge on any atom is -0.496 e. The fourth-order valence-electron chi connectivity index (χ4n) is 3.67. The lowest BCUT2D eigenvalue weighted by molar-refractivity contribution is 0.216. The van der Waals surface area contributed by atoms with Crippen LogP contribution in [-0.4, -0.2) is 36.3 Å². The number of benzene rings is 1. The van der Waals surface area contributed by atoms with Gasteiger partial charge in [0.1, 0.15) is 22.4 Å². The van der Waals surface area contributed by atoms with E-state index in [0.717, 1.165) is 24.2 Å². The van der Waals surface area contributed by atoms with Gasteiger partial charge in [0.15, 0.2) is 0 Å². The van der Waals surface area contributed by atoms with E-state index >= 15 is 0 Å². The molecule has 7 nitrogen and oxygen atoms in total. The van der Waals surface area contributed by atoms with Crippen LogP contribution in [-0.2, 0) is 16.4 Å². The SMILES string of the molecule is COc1ccccc1Cc1cnc([C@@H]2CCCCN2S(=O)(=O)c2cccnc2)o1. The first-order valence-electron chi connectivity index (χ1n) is 9.58. The number of hydrogen-bond acceptors (Lipinski definition) is 6. The van der Waals surface area contributed by atoms with Gasteiger partial charge >= 0.3 is 0 Å². The van der Waals surface area contributed by atoms with Crippen molar-refractivity contribution in [3.63, 3.8) is 0 Å². The Morgan fingerprint density at radius 3 is 2.83 bits per heavy atom. The van der Waals surface area contributed by atoms with E-state index in [9.17, 15) is 8.42 Å². The van der Waals surface area contributed by atoms with E-state index in [1.807, 2.05) is 24.3 Å². The van der Waals surface area contributed by atoms with Gasteiger partial charge in [-0.05, 0) is 31.0 Å². The molecule has 4 rings (SSSR count). The van der Waals surface area contributed by atoms with Gasteiger partial charge in [0.05, 0.1) is 13.3 Å². The van der Waals surface area contributed by atoms with Crippen molar-refractivity contribution in [1.29, 1.82) is 0 Å². The summed E-state index contributed by atoms with van der Waals surface area (Å²) in [6, 6.07) is 10.5. The summed E-state index contributed by atoms with van der Waals surface area (Å²) in [4.78, 5) is 8.56. The van der Waals surface area contributed by atoms with Crippen molar-refractivity contribution in [2.45, 2.75) is 36.6 Å². The Morgan fingerprint density at radius 2 is 2.03 bits per heavy atom. The summed E-state index contributed by atoms with van der Waals surface area (Å²) < 4.78 is 39.2. The molecule has 0 saturated carbocycles. The molecule has 0 unspecified atom stereocenters. The Balaban J connectivity index is 1.60. The molecule has 3 aromatic rings. The molecule has 152 valence electrons. The standard InChI is InChI=1S/C21H23N3O4S/c1-27-20-10-3-2-7-16(20)13-17-14-23-21(28-17)19-9-4-5-12-24(19)29(25,26)18-8-6-11-22-15-18/h2-3,6-8,10-11,14-15,19H,4-5,9,12-13H2,1H3/t19-/m0/s1. The second kappa shape index (κ2) is 8.34. The number of sulfonamides is 1. The van der Waals surface area contributed by atoms with Crippen molar-refractivity contribution in [3.05, 3.63) is 72.2 Å². The summed E-state index contributed by atoms with van der Waals surface area (Å²) in [5, 5.41) is 0. The second-order valence-electron chi connectivity index (χ2n) is 6.97. The van der Waals surface area contributed by atoms with Crippen LogP contribution in [0.25, 0.3) is 0 Å². The zero-order valence-electron chi connectivity index (χ0n) is 16.2. The summed E-state index contributed by atoms with van der Waals surface area (Å²) >= 11 is 0. The van der Waals surface area contributed by atoms with Crippen LogP contribution < -0.4 is 4.74 Å². The van der Waals surface area contributed by atoms with Crippen molar-refractivity contribution in [3.8, 4) is 5.75 Å². The van der Waals surface area contributed by atoms with E-state index in [-0.39, 0.29) is 4.90 Å². The van der Waals surface area contributed by atoms with Crippen molar-refractivity contribution in [2.75, 3.05) is 13.7 Å². The molecule has 1 fully saturated rings. The van der Waals surface area contributed by atoms with Crippen LogP contribution in [0.3, 0.4) is 0 Å². The number of ether oxygens (including phenoxy) is 1. The molecule has 0 spiro atoms. The second-order valence-corrected chi connectivity index (χ2v) is 8.86. The van der Waals surface area contributed by atoms with E-state index in [1.165, 1.54) is 10.5 Å². The van der Waals surface area contributed by atoms with Crippen LogP contribution in [0.15, 0.2) is 64.3 Å².